The van der Waals surface area contributed by atoms with Gasteiger partial charge in [0, 0.05) is 44.6 Å². The first-order valence-corrected chi connectivity index (χ1v) is 11.9. The Bertz CT molecular complexity index is 1130. The zero-order valence-corrected chi connectivity index (χ0v) is 19.8. The van der Waals surface area contributed by atoms with Crippen LogP contribution in [0.25, 0.3) is 0 Å². The molecule has 1 aliphatic rings. The summed E-state index contributed by atoms with van der Waals surface area (Å²) in [5.41, 5.74) is 4.70. The molecule has 10 heteroatoms. The summed E-state index contributed by atoms with van der Waals surface area (Å²) in [7, 11) is 0. The van der Waals surface area contributed by atoms with Gasteiger partial charge in [0.25, 0.3) is 5.91 Å². The van der Waals surface area contributed by atoms with Crippen molar-refractivity contribution in [1.29, 1.82) is 0 Å². The van der Waals surface area contributed by atoms with Crippen molar-refractivity contribution in [2.75, 3.05) is 18.0 Å². The molecule has 0 saturated carbocycles. The molecule has 10 nitrogen and oxygen atoms in total. The summed E-state index contributed by atoms with van der Waals surface area (Å²) in [4.78, 5) is 33.6. The molecule has 5 N–H and O–H groups in total. The number of aromatic nitrogens is 2. The second kappa shape index (κ2) is 12.2. The Balaban J connectivity index is 1.21. The van der Waals surface area contributed by atoms with E-state index in [1.165, 1.54) is 18.0 Å². The number of carboxylic acid groups (broad SMARTS) is 1. The Morgan fingerprint density at radius 3 is 2.14 bits per heavy atom. The Kier molecular flexibility index (Phi) is 8.56. The van der Waals surface area contributed by atoms with E-state index < -0.39 is 17.9 Å². The van der Waals surface area contributed by atoms with E-state index in [0.29, 0.717) is 18.5 Å². The molecule has 2 aromatic carbocycles. The van der Waals surface area contributed by atoms with Gasteiger partial charge in [0.05, 0.1) is 5.56 Å². The minimum atomic E-state index is -0.897. The molecule has 3 aromatic rings. The number of hydrogen-bond acceptors (Lipinski definition) is 8. The minimum absolute atomic E-state index is 0.206. The quantitative estimate of drug-likeness (QED) is 0.214. The average molecular weight is 491 g/mol. The van der Waals surface area contributed by atoms with Crippen molar-refractivity contribution < 1.29 is 19.9 Å². The van der Waals surface area contributed by atoms with Crippen LogP contribution in [0.4, 0.5) is 5.95 Å². The van der Waals surface area contributed by atoms with E-state index in [1.54, 1.807) is 5.48 Å². The minimum Gasteiger partial charge on any atom is -0.480 e. The lowest BCUT2D eigenvalue weighted by Gasteiger charge is -2.32. The Morgan fingerprint density at radius 2 is 1.56 bits per heavy atom. The van der Waals surface area contributed by atoms with Crippen molar-refractivity contribution in [2.45, 2.75) is 38.0 Å². The Labute approximate surface area is 209 Å². The number of nitrogens with zero attached hydrogens (tertiary/aromatic N) is 3. The highest BCUT2D eigenvalue weighted by atomic mass is 16.5. The number of nitrogens with one attached hydrogen (secondary N) is 3. The predicted molar refractivity (Wildman–Crippen MR) is 133 cm³/mol. The van der Waals surface area contributed by atoms with Gasteiger partial charge in [-0.1, -0.05) is 54.6 Å². The van der Waals surface area contributed by atoms with Gasteiger partial charge in [-0.15, -0.1) is 0 Å². The molecule has 36 heavy (non-hydrogen) atoms. The summed E-state index contributed by atoms with van der Waals surface area (Å²) in [6.45, 7) is 2.83. The molecule has 1 aromatic heterocycles. The van der Waals surface area contributed by atoms with Crippen molar-refractivity contribution in [3.63, 3.8) is 0 Å². The standard InChI is InChI=1S/C26H30N6O4/c33-24(31-36)21-16-29-26(30-17-21)32-12-10-22(11-13-32)27-14-18-6-8-19(9-7-18)15-28-23(25(34)35)20-4-2-1-3-5-20/h1-9,16-17,22-23,27-28,36H,10-15H2,(H,31,33)(H,34,35)/t23-/m0/s1. The van der Waals surface area contributed by atoms with Crippen LogP contribution in [0.3, 0.4) is 0 Å². The molecule has 0 aliphatic carbocycles. The van der Waals surface area contributed by atoms with E-state index in [4.69, 9.17) is 5.21 Å². The van der Waals surface area contributed by atoms with Gasteiger partial charge in [0.15, 0.2) is 0 Å². The first kappa shape index (κ1) is 25.2. The molecule has 1 atom stereocenters. The molecule has 1 saturated heterocycles. The molecule has 188 valence electrons. The van der Waals surface area contributed by atoms with E-state index in [2.05, 4.69) is 37.6 Å². The van der Waals surface area contributed by atoms with Gasteiger partial charge >= 0.3 is 5.97 Å². The fourth-order valence-corrected chi connectivity index (χ4v) is 4.20. The number of rotatable bonds is 10. The Morgan fingerprint density at radius 1 is 0.944 bits per heavy atom. The highest BCUT2D eigenvalue weighted by molar-refractivity contribution is 5.92. The topological polar surface area (TPSA) is 140 Å². The number of piperidine rings is 1. The summed E-state index contributed by atoms with van der Waals surface area (Å²) < 4.78 is 0. The fourth-order valence-electron chi connectivity index (χ4n) is 4.20. The monoisotopic (exact) mass is 490 g/mol. The van der Waals surface area contributed by atoms with Crippen molar-refractivity contribution >= 4 is 17.8 Å². The predicted octanol–water partition coefficient (Wildman–Crippen LogP) is 2.27. The second-order valence-electron chi connectivity index (χ2n) is 8.73. The lowest BCUT2D eigenvalue weighted by molar-refractivity contribution is -0.139. The van der Waals surface area contributed by atoms with Crippen molar-refractivity contribution in [3.05, 3.63) is 89.2 Å². The average Bonchev–Trinajstić information content (AvgIpc) is 2.93. The lowest BCUT2D eigenvalue weighted by atomic mass is 10.0. The summed E-state index contributed by atoms with van der Waals surface area (Å²) in [5.74, 6) is -0.958. The van der Waals surface area contributed by atoms with E-state index in [9.17, 15) is 14.7 Å². The number of amides is 1. The molecular weight excluding hydrogens is 460 g/mol. The van der Waals surface area contributed by atoms with Gasteiger partial charge < -0.3 is 15.3 Å². The van der Waals surface area contributed by atoms with Crippen molar-refractivity contribution in [2.24, 2.45) is 0 Å². The summed E-state index contributed by atoms with van der Waals surface area (Å²) in [5, 5.41) is 25.0. The zero-order valence-electron chi connectivity index (χ0n) is 19.8. The van der Waals surface area contributed by atoms with E-state index in [1.807, 2.05) is 42.5 Å². The maximum Gasteiger partial charge on any atom is 0.325 e. The summed E-state index contributed by atoms with van der Waals surface area (Å²) in [6, 6.07) is 17.0. The molecular formula is C26H30N6O4. The molecule has 1 aliphatic heterocycles. The van der Waals surface area contributed by atoms with Gasteiger partial charge in [-0.25, -0.2) is 15.4 Å². The van der Waals surface area contributed by atoms with Gasteiger partial charge in [-0.05, 0) is 29.5 Å². The van der Waals surface area contributed by atoms with Gasteiger partial charge in [0.2, 0.25) is 5.95 Å². The number of hydroxylamine groups is 1. The molecule has 0 bridgehead atoms. The van der Waals surface area contributed by atoms with Crippen LogP contribution in [0, 0.1) is 0 Å². The lowest BCUT2D eigenvalue weighted by Crippen LogP contribution is -2.43. The van der Waals surface area contributed by atoms with Crippen LogP contribution >= 0.6 is 0 Å². The number of carbonyl (C=O) groups excluding carboxylic acids is 1. The van der Waals surface area contributed by atoms with Crippen LogP contribution < -0.4 is 21.0 Å². The second-order valence-corrected chi connectivity index (χ2v) is 8.73. The smallest absolute Gasteiger partial charge is 0.325 e. The first-order valence-electron chi connectivity index (χ1n) is 11.9. The molecule has 4 rings (SSSR count). The highest BCUT2D eigenvalue weighted by Gasteiger charge is 2.21. The maximum absolute atomic E-state index is 11.7. The van der Waals surface area contributed by atoms with Crippen LogP contribution in [-0.2, 0) is 17.9 Å². The third kappa shape index (κ3) is 6.63. The number of hydrogen-bond donors (Lipinski definition) is 5. The molecule has 0 spiro atoms. The highest BCUT2D eigenvalue weighted by Crippen LogP contribution is 2.17. The van der Waals surface area contributed by atoms with Crippen LogP contribution in [0.2, 0.25) is 0 Å². The van der Waals surface area contributed by atoms with Crippen LogP contribution in [0.1, 0.15) is 45.9 Å². The SMILES string of the molecule is O=C(NO)c1cnc(N2CCC(NCc3ccc(CN[C@H](C(=O)O)c4ccccc4)cc3)CC2)nc1. The number of carbonyl (C=O) groups is 2. The van der Waals surface area contributed by atoms with Crippen LogP contribution in [0.5, 0.6) is 0 Å². The summed E-state index contributed by atoms with van der Waals surface area (Å²) in [6.07, 6.45) is 4.70. The van der Waals surface area contributed by atoms with Gasteiger partial charge in [-0.3, -0.25) is 20.1 Å². The third-order valence-electron chi connectivity index (χ3n) is 6.29. The van der Waals surface area contributed by atoms with E-state index >= 15 is 0 Å². The zero-order chi connectivity index (χ0) is 25.3. The fraction of sp³-hybridized carbons (Fsp3) is 0.308. The number of carboxylic acids is 1. The van der Waals surface area contributed by atoms with Gasteiger partial charge in [-0.2, -0.15) is 0 Å². The van der Waals surface area contributed by atoms with Crippen molar-refractivity contribution in [1.82, 2.24) is 26.1 Å². The third-order valence-corrected chi connectivity index (χ3v) is 6.29. The molecule has 0 unspecified atom stereocenters. The maximum atomic E-state index is 11.7. The van der Waals surface area contributed by atoms with Crippen molar-refractivity contribution in [3.8, 4) is 0 Å². The van der Waals surface area contributed by atoms with Gasteiger partial charge in [0.1, 0.15) is 6.04 Å². The van der Waals surface area contributed by atoms with E-state index in [0.717, 1.165) is 43.6 Å². The molecule has 1 fully saturated rings. The molecule has 1 amide bonds. The number of anilines is 1. The number of aliphatic carboxylic acids is 1. The first-order chi connectivity index (χ1) is 17.5. The van der Waals surface area contributed by atoms with Crippen LogP contribution in [-0.4, -0.2) is 51.3 Å². The van der Waals surface area contributed by atoms with E-state index in [-0.39, 0.29) is 5.56 Å². The summed E-state index contributed by atoms with van der Waals surface area (Å²) >= 11 is 0. The molecule has 2 heterocycles. The Hall–Kier alpha value is -3.86. The molecule has 0 radical (unpaired) electrons. The largest absolute Gasteiger partial charge is 0.480 e. The normalized spacial score (nSPS) is 14.9. The number of benzene rings is 2. The van der Waals surface area contributed by atoms with Crippen LogP contribution in [0.15, 0.2) is 67.0 Å².